The van der Waals surface area contributed by atoms with Crippen LogP contribution >= 0.6 is 11.6 Å². The van der Waals surface area contributed by atoms with Crippen molar-refractivity contribution in [3.05, 3.63) is 71.6 Å². The van der Waals surface area contributed by atoms with Gasteiger partial charge in [-0.25, -0.2) is 19.5 Å². The number of aromatic nitrogens is 2. The topological polar surface area (TPSA) is 89.9 Å². The Morgan fingerprint density at radius 3 is 2.44 bits per heavy atom. The van der Waals surface area contributed by atoms with Crippen molar-refractivity contribution in [2.45, 2.75) is 32.9 Å². The van der Waals surface area contributed by atoms with Crippen LogP contribution in [-0.2, 0) is 6.54 Å². The van der Waals surface area contributed by atoms with Gasteiger partial charge in [0.25, 0.3) is 0 Å². The molecule has 0 saturated carbocycles. The highest BCUT2D eigenvalue weighted by atomic mass is 35.5. The molecular formula is C23H22ClN5O3. The number of carbonyl (C=O) groups is 2. The molecule has 164 valence electrons. The van der Waals surface area contributed by atoms with Gasteiger partial charge in [0, 0.05) is 28.7 Å². The lowest BCUT2D eigenvalue weighted by molar-refractivity contribution is 0.195. The number of benzene rings is 2. The van der Waals surface area contributed by atoms with Gasteiger partial charge in [-0.2, -0.15) is 4.98 Å². The minimum absolute atomic E-state index is 0.0210. The molecule has 0 saturated heterocycles. The van der Waals surface area contributed by atoms with Crippen molar-refractivity contribution in [1.29, 1.82) is 0 Å². The number of hydrogen-bond donors (Lipinski definition) is 1. The van der Waals surface area contributed by atoms with E-state index in [1.165, 1.54) is 9.80 Å². The summed E-state index contributed by atoms with van der Waals surface area (Å²) in [6.07, 6.45) is 0.513. The molecule has 0 spiro atoms. The van der Waals surface area contributed by atoms with Gasteiger partial charge in [-0.05, 0) is 62.7 Å². The van der Waals surface area contributed by atoms with Crippen LogP contribution in [0.15, 0.2) is 60.8 Å². The van der Waals surface area contributed by atoms with Crippen molar-refractivity contribution >= 4 is 46.6 Å². The van der Waals surface area contributed by atoms with Crippen LogP contribution in [0.1, 0.15) is 26.3 Å². The molecule has 3 amide bonds. The van der Waals surface area contributed by atoms with E-state index in [0.717, 1.165) is 5.69 Å². The zero-order chi connectivity index (χ0) is 23.0. The van der Waals surface area contributed by atoms with Crippen molar-refractivity contribution < 1.29 is 14.7 Å². The van der Waals surface area contributed by atoms with E-state index >= 15 is 0 Å². The largest absolute Gasteiger partial charge is 0.465 e. The molecule has 4 rings (SSSR count). The molecule has 2 aromatic carbocycles. The van der Waals surface area contributed by atoms with Crippen LogP contribution in [0.3, 0.4) is 0 Å². The third kappa shape index (κ3) is 3.97. The second-order valence-electron chi connectivity index (χ2n) is 8.34. The Balaban J connectivity index is 1.85. The van der Waals surface area contributed by atoms with Gasteiger partial charge in [0.2, 0.25) is 5.28 Å². The summed E-state index contributed by atoms with van der Waals surface area (Å²) in [5, 5.41) is 9.82. The van der Waals surface area contributed by atoms with Gasteiger partial charge in [0.15, 0.2) is 5.82 Å². The second-order valence-corrected chi connectivity index (χ2v) is 8.67. The second kappa shape index (κ2) is 8.12. The molecule has 0 bridgehead atoms. The average Bonchev–Trinajstić information content (AvgIpc) is 2.73. The highest BCUT2D eigenvalue weighted by molar-refractivity contribution is 6.28. The molecule has 3 aromatic rings. The highest BCUT2D eigenvalue weighted by Crippen LogP contribution is 2.37. The van der Waals surface area contributed by atoms with E-state index in [9.17, 15) is 14.7 Å². The van der Waals surface area contributed by atoms with Gasteiger partial charge in [0.05, 0.1) is 12.2 Å². The molecular weight excluding hydrogens is 430 g/mol. The maximum Gasteiger partial charge on any atom is 0.412 e. The van der Waals surface area contributed by atoms with Crippen molar-refractivity contribution in [2.24, 2.45) is 0 Å². The maximum atomic E-state index is 13.6. The van der Waals surface area contributed by atoms with Gasteiger partial charge >= 0.3 is 12.1 Å². The van der Waals surface area contributed by atoms with E-state index in [-0.39, 0.29) is 17.9 Å². The van der Waals surface area contributed by atoms with Crippen LogP contribution in [0.25, 0.3) is 0 Å². The predicted molar refractivity (Wildman–Crippen MR) is 124 cm³/mol. The predicted octanol–water partition coefficient (Wildman–Crippen LogP) is 5.69. The normalized spacial score (nSPS) is 13.7. The number of rotatable bonds is 3. The average molecular weight is 452 g/mol. The van der Waals surface area contributed by atoms with Crippen molar-refractivity contribution in [3.8, 4) is 0 Å². The van der Waals surface area contributed by atoms with Crippen molar-refractivity contribution in [3.63, 3.8) is 0 Å². The fourth-order valence-corrected chi connectivity index (χ4v) is 3.86. The van der Waals surface area contributed by atoms with Crippen LogP contribution in [0.2, 0.25) is 5.28 Å². The number of halogens is 1. The lowest BCUT2D eigenvalue weighted by Crippen LogP contribution is -2.46. The van der Waals surface area contributed by atoms with Crippen molar-refractivity contribution in [2.75, 3.05) is 14.7 Å². The number of urea groups is 1. The number of para-hydroxylation sites is 1. The quantitative estimate of drug-likeness (QED) is 0.516. The molecule has 2 heterocycles. The lowest BCUT2D eigenvalue weighted by atomic mass is 10.0. The summed E-state index contributed by atoms with van der Waals surface area (Å²) in [6, 6.07) is 15.8. The first kappa shape index (κ1) is 21.6. The Kier molecular flexibility index (Phi) is 5.48. The smallest absolute Gasteiger partial charge is 0.412 e. The number of amides is 3. The van der Waals surface area contributed by atoms with E-state index in [4.69, 9.17) is 11.6 Å². The Labute approximate surface area is 190 Å². The van der Waals surface area contributed by atoms with E-state index in [2.05, 4.69) is 9.97 Å². The number of anilines is 4. The lowest BCUT2D eigenvalue weighted by Gasteiger charge is -2.37. The molecule has 9 heteroatoms. The van der Waals surface area contributed by atoms with Gasteiger partial charge < -0.3 is 5.11 Å². The van der Waals surface area contributed by atoms with Crippen LogP contribution < -0.4 is 14.7 Å². The minimum Gasteiger partial charge on any atom is -0.465 e. The molecule has 1 aromatic heterocycles. The molecule has 8 nitrogen and oxygen atoms in total. The van der Waals surface area contributed by atoms with Gasteiger partial charge in [-0.1, -0.05) is 24.3 Å². The number of carbonyl (C=O) groups excluding carboxylic acids is 1. The van der Waals surface area contributed by atoms with E-state index in [1.807, 2.05) is 30.3 Å². The van der Waals surface area contributed by atoms with E-state index in [1.54, 1.807) is 56.1 Å². The SMILES string of the molecule is CC(C)(C)N(C(=O)O)c1cccc(N2C(=O)N(c3ccccc3)Cc3cnc(Cl)nc32)c1. The number of nitrogens with zero attached hydrogens (tertiary/aromatic N) is 5. The number of carboxylic acid groups (broad SMARTS) is 1. The fraction of sp³-hybridized carbons (Fsp3) is 0.217. The highest BCUT2D eigenvalue weighted by Gasteiger charge is 2.35. The van der Waals surface area contributed by atoms with E-state index < -0.39 is 11.6 Å². The first-order chi connectivity index (χ1) is 15.2. The summed E-state index contributed by atoms with van der Waals surface area (Å²) in [7, 11) is 0. The van der Waals surface area contributed by atoms with Crippen LogP contribution in [0.5, 0.6) is 0 Å². The third-order valence-corrected chi connectivity index (χ3v) is 5.23. The first-order valence-corrected chi connectivity index (χ1v) is 10.4. The van der Waals surface area contributed by atoms with Crippen LogP contribution in [0, 0.1) is 0 Å². The third-order valence-electron chi connectivity index (χ3n) is 5.05. The number of fused-ring (bicyclic) bond motifs is 1. The Morgan fingerprint density at radius 1 is 1.09 bits per heavy atom. The standard InChI is InChI=1S/C23H22ClN5O3/c1-23(2,3)29(22(31)32)18-11-7-10-17(12-18)28-19-15(13-25-20(24)26-19)14-27(21(28)30)16-8-5-4-6-9-16/h4-13H,14H2,1-3H3,(H,31,32). The molecule has 0 atom stereocenters. The summed E-state index contributed by atoms with van der Waals surface area (Å²) < 4.78 is 0. The molecule has 0 radical (unpaired) electrons. The molecule has 1 aliphatic heterocycles. The van der Waals surface area contributed by atoms with E-state index in [0.29, 0.717) is 22.8 Å². The maximum absolute atomic E-state index is 13.6. The Hall–Kier alpha value is -3.65. The fourth-order valence-electron chi connectivity index (χ4n) is 3.73. The summed E-state index contributed by atoms with van der Waals surface area (Å²) in [5.74, 6) is 0.372. The van der Waals surface area contributed by atoms with Crippen molar-refractivity contribution in [1.82, 2.24) is 9.97 Å². The number of hydrogen-bond acceptors (Lipinski definition) is 4. The van der Waals surface area contributed by atoms with Gasteiger partial charge in [-0.3, -0.25) is 9.80 Å². The summed E-state index contributed by atoms with van der Waals surface area (Å²) in [6.45, 7) is 5.70. The van der Waals surface area contributed by atoms with Gasteiger partial charge in [-0.15, -0.1) is 0 Å². The zero-order valence-electron chi connectivity index (χ0n) is 17.9. The first-order valence-electron chi connectivity index (χ1n) is 9.98. The zero-order valence-corrected chi connectivity index (χ0v) is 18.6. The molecule has 1 aliphatic rings. The monoisotopic (exact) mass is 451 g/mol. The Bertz CT molecular complexity index is 1180. The van der Waals surface area contributed by atoms with Gasteiger partial charge in [0.1, 0.15) is 0 Å². The summed E-state index contributed by atoms with van der Waals surface area (Å²) in [4.78, 5) is 38.3. The minimum atomic E-state index is -1.09. The van der Waals surface area contributed by atoms with Crippen LogP contribution in [0.4, 0.5) is 32.5 Å². The molecule has 0 fully saturated rings. The molecule has 0 unspecified atom stereocenters. The molecule has 32 heavy (non-hydrogen) atoms. The molecule has 0 aliphatic carbocycles. The summed E-state index contributed by atoms with van der Waals surface area (Å²) in [5.41, 5.74) is 1.67. The summed E-state index contributed by atoms with van der Waals surface area (Å²) >= 11 is 6.05. The van der Waals surface area contributed by atoms with Crippen LogP contribution in [-0.4, -0.2) is 32.7 Å². The Morgan fingerprint density at radius 2 is 1.78 bits per heavy atom. The molecule has 1 N–H and O–H groups in total.